The molecule has 1 saturated heterocycles. The molecule has 1 heterocycles. The molecule has 0 aliphatic carbocycles. The SMILES string of the molecule is CN(CC(=O)N1CCNCC1)C(=O)c1ccccc1OC(F)F. The zero-order valence-corrected chi connectivity index (χ0v) is 12.8. The highest BCUT2D eigenvalue weighted by Gasteiger charge is 2.23. The molecule has 6 nitrogen and oxygen atoms in total. The Hall–Kier alpha value is -2.22. The monoisotopic (exact) mass is 327 g/mol. The lowest BCUT2D eigenvalue weighted by Crippen LogP contribution is -2.49. The average molecular weight is 327 g/mol. The number of rotatable bonds is 5. The highest BCUT2D eigenvalue weighted by atomic mass is 19.3. The van der Waals surface area contributed by atoms with Crippen molar-refractivity contribution in [2.45, 2.75) is 6.61 Å². The summed E-state index contributed by atoms with van der Waals surface area (Å²) in [5.74, 6) is -0.909. The van der Waals surface area contributed by atoms with E-state index in [1.165, 1.54) is 30.1 Å². The maximum absolute atomic E-state index is 12.4. The molecule has 2 amide bonds. The van der Waals surface area contributed by atoms with E-state index in [0.717, 1.165) is 0 Å². The molecular weight excluding hydrogens is 308 g/mol. The Labute approximate surface area is 133 Å². The van der Waals surface area contributed by atoms with Crippen molar-refractivity contribution in [3.05, 3.63) is 29.8 Å². The molecule has 1 N–H and O–H groups in total. The molecule has 0 bridgehead atoms. The summed E-state index contributed by atoms with van der Waals surface area (Å²) in [6.07, 6.45) is 0. The molecule has 0 radical (unpaired) electrons. The summed E-state index contributed by atoms with van der Waals surface area (Å²) in [5, 5.41) is 3.14. The number of nitrogens with one attached hydrogen (secondary N) is 1. The van der Waals surface area contributed by atoms with Gasteiger partial charge in [0, 0.05) is 33.2 Å². The van der Waals surface area contributed by atoms with E-state index < -0.39 is 12.5 Å². The fourth-order valence-corrected chi connectivity index (χ4v) is 2.34. The summed E-state index contributed by atoms with van der Waals surface area (Å²) in [6.45, 7) is -0.514. The van der Waals surface area contributed by atoms with Crippen molar-refractivity contribution in [2.75, 3.05) is 39.8 Å². The van der Waals surface area contributed by atoms with Crippen LogP contribution in [0.25, 0.3) is 0 Å². The van der Waals surface area contributed by atoms with E-state index in [1.807, 2.05) is 0 Å². The van der Waals surface area contributed by atoms with E-state index in [9.17, 15) is 18.4 Å². The van der Waals surface area contributed by atoms with Gasteiger partial charge in [-0.05, 0) is 12.1 Å². The maximum atomic E-state index is 12.4. The third kappa shape index (κ3) is 4.62. The smallest absolute Gasteiger partial charge is 0.387 e. The fraction of sp³-hybridized carbons (Fsp3) is 0.467. The van der Waals surface area contributed by atoms with Gasteiger partial charge in [0.25, 0.3) is 5.91 Å². The number of likely N-dealkylation sites (N-methyl/N-ethyl adjacent to an activating group) is 1. The highest BCUT2D eigenvalue weighted by molar-refractivity contribution is 5.98. The first-order valence-corrected chi connectivity index (χ1v) is 7.27. The van der Waals surface area contributed by atoms with E-state index in [4.69, 9.17) is 0 Å². The lowest BCUT2D eigenvalue weighted by atomic mass is 10.1. The van der Waals surface area contributed by atoms with Crippen LogP contribution in [0.15, 0.2) is 24.3 Å². The van der Waals surface area contributed by atoms with Crippen LogP contribution in [0.2, 0.25) is 0 Å². The zero-order chi connectivity index (χ0) is 16.8. The summed E-state index contributed by atoms with van der Waals surface area (Å²) >= 11 is 0. The van der Waals surface area contributed by atoms with Gasteiger partial charge >= 0.3 is 6.61 Å². The quantitative estimate of drug-likeness (QED) is 0.869. The number of amides is 2. The topological polar surface area (TPSA) is 61.9 Å². The largest absolute Gasteiger partial charge is 0.434 e. The van der Waals surface area contributed by atoms with Crippen LogP contribution in [0.5, 0.6) is 5.75 Å². The van der Waals surface area contributed by atoms with Crippen LogP contribution in [0.3, 0.4) is 0 Å². The van der Waals surface area contributed by atoms with Gasteiger partial charge in [0.1, 0.15) is 5.75 Å². The second-order valence-corrected chi connectivity index (χ2v) is 5.17. The van der Waals surface area contributed by atoms with Gasteiger partial charge in [-0.25, -0.2) is 0 Å². The first kappa shape index (κ1) is 17.1. The Morgan fingerprint density at radius 3 is 2.61 bits per heavy atom. The van der Waals surface area contributed by atoms with Gasteiger partial charge in [-0.1, -0.05) is 12.1 Å². The van der Waals surface area contributed by atoms with E-state index in [-0.39, 0.29) is 23.8 Å². The predicted molar refractivity (Wildman–Crippen MR) is 79.5 cm³/mol. The van der Waals surface area contributed by atoms with Crippen LogP contribution >= 0.6 is 0 Å². The summed E-state index contributed by atoms with van der Waals surface area (Å²) in [5.41, 5.74) is 0.00316. The van der Waals surface area contributed by atoms with Crippen molar-refractivity contribution in [3.63, 3.8) is 0 Å². The first-order chi connectivity index (χ1) is 11.0. The number of hydrogen-bond donors (Lipinski definition) is 1. The first-order valence-electron chi connectivity index (χ1n) is 7.27. The van der Waals surface area contributed by atoms with Gasteiger partial charge in [-0.15, -0.1) is 0 Å². The number of halogens is 2. The van der Waals surface area contributed by atoms with Gasteiger partial charge < -0.3 is 19.9 Å². The van der Waals surface area contributed by atoms with E-state index >= 15 is 0 Å². The number of nitrogens with zero attached hydrogens (tertiary/aromatic N) is 2. The third-order valence-corrected chi connectivity index (χ3v) is 3.52. The predicted octanol–water partition coefficient (Wildman–Crippen LogP) is 0.792. The molecule has 0 atom stereocenters. The van der Waals surface area contributed by atoms with E-state index in [2.05, 4.69) is 10.1 Å². The van der Waals surface area contributed by atoms with E-state index in [1.54, 1.807) is 11.0 Å². The number of alkyl halides is 2. The Bertz CT molecular complexity index is 563. The molecule has 1 aliphatic heterocycles. The number of ether oxygens (including phenoxy) is 1. The highest BCUT2D eigenvalue weighted by Crippen LogP contribution is 2.21. The van der Waals surface area contributed by atoms with Crippen LogP contribution in [0, 0.1) is 0 Å². The van der Waals surface area contributed by atoms with Crippen LogP contribution in [0.4, 0.5) is 8.78 Å². The molecule has 0 spiro atoms. The summed E-state index contributed by atoms with van der Waals surface area (Å²) < 4.78 is 29.2. The molecule has 1 aromatic rings. The minimum absolute atomic E-state index is 0.00316. The van der Waals surface area contributed by atoms with E-state index in [0.29, 0.717) is 26.2 Å². The van der Waals surface area contributed by atoms with Crippen LogP contribution < -0.4 is 10.1 Å². The second-order valence-electron chi connectivity index (χ2n) is 5.17. The van der Waals surface area contributed by atoms with Crippen molar-refractivity contribution >= 4 is 11.8 Å². The molecule has 126 valence electrons. The Kier molecular flexibility index (Phi) is 5.86. The number of hydrogen-bond acceptors (Lipinski definition) is 4. The van der Waals surface area contributed by atoms with Gasteiger partial charge in [-0.3, -0.25) is 9.59 Å². The van der Waals surface area contributed by atoms with Gasteiger partial charge in [0.15, 0.2) is 0 Å². The van der Waals surface area contributed by atoms with Gasteiger partial charge in [0.2, 0.25) is 5.91 Å². The molecule has 2 rings (SSSR count). The lowest BCUT2D eigenvalue weighted by Gasteiger charge is -2.29. The summed E-state index contributed by atoms with van der Waals surface area (Å²) in [7, 11) is 1.46. The summed E-state index contributed by atoms with van der Waals surface area (Å²) in [6, 6.07) is 5.75. The molecule has 8 heteroatoms. The Balaban J connectivity index is 2.03. The summed E-state index contributed by atoms with van der Waals surface area (Å²) in [4.78, 5) is 27.4. The minimum atomic E-state index is -3.02. The Morgan fingerprint density at radius 1 is 1.30 bits per heavy atom. The molecular formula is C15H19F2N3O3. The van der Waals surface area contributed by atoms with Crippen molar-refractivity contribution in [1.82, 2.24) is 15.1 Å². The number of para-hydroxylation sites is 1. The van der Waals surface area contributed by atoms with Gasteiger partial charge in [-0.2, -0.15) is 8.78 Å². The number of carbonyl (C=O) groups excluding carboxylic acids is 2. The molecule has 0 unspecified atom stereocenters. The number of piperazine rings is 1. The maximum Gasteiger partial charge on any atom is 0.387 e. The number of carbonyl (C=O) groups is 2. The molecule has 23 heavy (non-hydrogen) atoms. The lowest BCUT2D eigenvalue weighted by molar-refractivity contribution is -0.132. The molecule has 0 aromatic heterocycles. The number of benzene rings is 1. The normalized spacial score (nSPS) is 14.7. The van der Waals surface area contributed by atoms with Crippen LogP contribution in [-0.4, -0.2) is 68.0 Å². The molecule has 0 saturated carbocycles. The minimum Gasteiger partial charge on any atom is -0.434 e. The van der Waals surface area contributed by atoms with Crippen LogP contribution in [-0.2, 0) is 4.79 Å². The third-order valence-electron chi connectivity index (χ3n) is 3.52. The van der Waals surface area contributed by atoms with Crippen molar-refractivity contribution in [1.29, 1.82) is 0 Å². The standard InChI is InChI=1S/C15H19F2N3O3/c1-19(10-13(21)20-8-6-18-7-9-20)14(22)11-4-2-3-5-12(11)23-15(16)17/h2-5,15,18H,6-10H2,1H3. The second kappa shape index (κ2) is 7.87. The molecule has 1 fully saturated rings. The molecule has 1 aliphatic rings. The average Bonchev–Trinajstić information content (AvgIpc) is 2.55. The zero-order valence-electron chi connectivity index (χ0n) is 12.8. The van der Waals surface area contributed by atoms with Crippen molar-refractivity contribution in [3.8, 4) is 5.75 Å². The van der Waals surface area contributed by atoms with Crippen molar-refractivity contribution < 1.29 is 23.1 Å². The molecule has 1 aromatic carbocycles. The van der Waals surface area contributed by atoms with Crippen molar-refractivity contribution in [2.24, 2.45) is 0 Å². The Morgan fingerprint density at radius 2 is 1.96 bits per heavy atom. The fourth-order valence-electron chi connectivity index (χ4n) is 2.34. The van der Waals surface area contributed by atoms with Gasteiger partial charge in [0.05, 0.1) is 12.1 Å². The van der Waals surface area contributed by atoms with Crippen LogP contribution in [0.1, 0.15) is 10.4 Å².